The van der Waals surface area contributed by atoms with Gasteiger partial charge in [0.2, 0.25) is 11.8 Å². The highest BCUT2D eigenvalue weighted by atomic mass is 19.1. The standard InChI is InChI=1S/C16H21FN2O2/c1-10(2)8-14-16(21)19(7-6-15(20)18-14)12-4-5-13(17)11(3)9-12/h4-5,9-10,14H,6-8H2,1-3H3,(H,18,20). The summed E-state index contributed by atoms with van der Waals surface area (Å²) in [7, 11) is 0. The molecule has 0 aromatic heterocycles. The topological polar surface area (TPSA) is 49.4 Å². The van der Waals surface area contributed by atoms with Crippen molar-refractivity contribution in [2.45, 2.75) is 39.7 Å². The maximum atomic E-state index is 13.4. The van der Waals surface area contributed by atoms with Gasteiger partial charge in [-0.05, 0) is 43.0 Å². The summed E-state index contributed by atoms with van der Waals surface area (Å²) >= 11 is 0. The van der Waals surface area contributed by atoms with Gasteiger partial charge in [-0.1, -0.05) is 13.8 Å². The van der Waals surface area contributed by atoms with E-state index in [4.69, 9.17) is 0 Å². The summed E-state index contributed by atoms with van der Waals surface area (Å²) in [6, 6.07) is 4.08. The number of nitrogens with zero attached hydrogens (tertiary/aromatic N) is 1. The second-order valence-electron chi connectivity index (χ2n) is 5.92. The van der Waals surface area contributed by atoms with E-state index in [-0.39, 0.29) is 24.1 Å². The molecule has 1 atom stereocenters. The highest BCUT2D eigenvalue weighted by Gasteiger charge is 2.31. The molecular weight excluding hydrogens is 271 g/mol. The van der Waals surface area contributed by atoms with Crippen LogP contribution in [-0.4, -0.2) is 24.4 Å². The molecule has 2 rings (SSSR count). The summed E-state index contributed by atoms with van der Waals surface area (Å²) in [6.07, 6.45) is 0.859. The summed E-state index contributed by atoms with van der Waals surface area (Å²) < 4.78 is 13.4. The van der Waals surface area contributed by atoms with Crippen LogP contribution >= 0.6 is 0 Å². The van der Waals surface area contributed by atoms with Crippen LogP contribution in [0, 0.1) is 18.7 Å². The lowest BCUT2D eigenvalue weighted by Gasteiger charge is -2.25. The number of carbonyl (C=O) groups excluding carboxylic acids is 2. The van der Waals surface area contributed by atoms with E-state index >= 15 is 0 Å². The van der Waals surface area contributed by atoms with Crippen molar-refractivity contribution in [1.82, 2.24) is 5.32 Å². The van der Waals surface area contributed by atoms with E-state index in [1.807, 2.05) is 13.8 Å². The minimum Gasteiger partial charge on any atom is -0.344 e. The van der Waals surface area contributed by atoms with Gasteiger partial charge in [0, 0.05) is 18.7 Å². The number of hydrogen-bond donors (Lipinski definition) is 1. The van der Waals surface area contributed by atoms with E-state index in [9.17, 15) is 14.0 Å². The molecular formula is C16H21FN2O2. The average Bonchev–Trinajstić information content (AvgIpc) is 2.53. The molecule has 0 bridgehead atoms. The summed E-state index contributed by atoms with van der Waals surface area (Å²) in [5, 5.41) is 2.78. The molecule has 1 aliphatic heterocycles. The Hall–Kier alpha value is -1.91. The van der Waals surface area contributed by atoms with E-state index in [2.05, 4.69) is 5.32 Å². The Labute approximate surface area is 124 Å². The van der Waals surface area contributed by atoms with E-state index in [1.54, 1.807) is 24.0 Å². The fourth-order valence-corrected chi connectivity index (χ4v) is 2.52. The maximum Gasteiger partial charge on any atom is 0.249 e. The summed E-state index contributed by atoms with van der Waals surface area (Å²) in [5.74, 6) is -0.237. The first-order chi connectivity index (χ1) is 9.88. The Morgan fingerprint density at radius 1 is 1.38 bits per heavy atom. The van der Waals surface area contributed by atoms with Crippen molar-refractivity contribution in [1.29, 1.82) is 0 Å². The Morgan fingerprint density at radius 2 is 2.10 bits per heavy atom. The van der Waals surface area contributed by atoms with Gasteiger partial charge in [-0.15, -0.1) is 0 Å². The number of amides is 2. The average molecular weight is 292 g/mol. The van der Waals surface area contributed by atoms with E-state index in [0.717, 1.165) is 0 Å². The minimum atomic E-state index is -0.509. The van der Waals surface area contributed by atoms with Crippen LogP contribution in [0.4, 0.5) is 10.1 Å². The number of carbonyl (C=O) groups is 2. The van der Waals surface area contributed by atoms with Crippen LogP contribution in [0.2, 0.25) is 0 Å². The maximum absolute atomic E-state index is 13.4. The van der Waals surface area contributed by atoms with Crippen LogP contribution in [0.5, 0.6) is 0 Å². The molecule has 4 nitrogen and oxygen atoms in total. The third-order valence-electron chi connectivity index (χ3n) is 3.62. The van der Waals surface area contributed by atoms with Crippen molar-refractivity contribution in [2.24, 2.45) is 5.92 Å². The molecule has 0 spiro atoms. The number of benzene rings is 1. The lowest BCUT2D eigenvalue weighted by atomic mass is 10.0. The SMILES string of the molecule is Cc1cc(N2CCC(=O)NC(CC(C)C)C2=O)ccc1F. The zero-order valence-electron chi connectivity index (χ0n) is 12.6. The minimum absolute atomic E-state index is 0.115. The van der Waals surface area contributed by atoms with Gasteiger partial charge < -0.3 is 10.2 Å². The summed E-state index contributed by atoms with van der Waals surface area (Å²) in [5.41, 5.74) is 1.13. The molecule has 1 heterocycles. The fraction of sp³-hybridized carbons (Fsp3) is 0.500. The van der Waals surface area contributed by atoms with Gasteiger partial charge in [0.15, 0.2) is 0 Å². The molecule has 2 amide bonds. The highest BCUT2D eigenvalue weighted by molar-refractivity contribution is 6.01. The second-order valence-corrected chi connectivity index (χ2v) is 5.92. The molecule has 21 heavy (non-hydrogen) atoms. The molecule has 1 aromatic carbocycles. The monoisotopic (exact) mass is 292 g/mol. The van der Waals surface area contributed by atoms with E-state index < -0.39 is 6.04 Å². The quantitative estimate of drug-likeness (QED) is 0.930. The third-order valence-corrected chi connectivity index (χ3v) is 3.62. The number of halogens is 1. The van der Waals surface area contributed by atoms with E-state index in [1.165, 1.54) is 6.07 Å². The van der Waals surface area contributed by atoms with Crippen LogP contribution in [0.15, 0.2) is 18.2 Å². The van der Waals surface area contributed by atoms with Crippen molar-refractivity contribution < 1.29 is 14.0 Å². The molecule has 1 N–H and O–H groups in total. The van der Waals surface area contributed by atoms with Crippen LogP contribution < -0.4 is 10.2 Å². The van der Waals surface area contributed by atoms with Gasteiger partial charge in [-0.2, -0.15) is 0 Å². The van der Waals surface area contributed by atoms with Gasteiger partial charge >= 0.3 is 0 Å². The zero-order valence-corrected chi connectivity index (χ0v) is 12.6. The number of rotatable bonds is 3. The van der Waals surface area contributed by atoms with Gasteiger partial charge in [0.1, 0.15) is 11.9 Å². The molecule has 114 valence electrons. The molecule has 1 aliphatic rings. The van der Waals surface area contributed by atoms with Gasteiger partial charge in [0.25, 0.3) is 0 Å². The van der Waals surface area contributed by atoms with Crippen LogP contribution in [0.25, 0.3) is 0 Å². The van der Waals surface area contributed by atoms with Crippen LogP contribution in [0.3, 0.4) is 0 Å². The number of hydrogen-bond acceptors (Lipinski definition) is 2. The number of anilines is 1. The Balaban J connectivity index is 2.30. The van der Waals surface area contributed by atoms with Gasteiger partial charge in [0.05, 0.1) is 0 Å². The van der Waals surface area contributed by atoms with Crippen molar-refractivity contribution in [3.8, 4) is 0 Å². The molecule has 5 heteroatoms. The first-order valence-electron chi connectivity index (χ1n) is 7.25. The van der Waals surface area contributed by atoms with Crippen molar-refractivity contribution in [3.63, 3.8) is 0 Å². The second kappa shape index (κ2) is 6.24. The lowest BCUT2D eigenvalue weighted by Crippen LogP contribution is -2.45. The Morgan fingerprint density at radius 3 is 2.71 bits per heavy atom. The van der Waals surface area contributed by atoms with E-state index in [0.29, 0.717) is 30.1 Å². The first-order valence-corrected chi connectivity index (χ1v) is 7.25. The van der Waals surface area contributed by atoms with Crippen molar-refractivity contribution in [2.75, 3.05) is 11.4 Å². The summed E-state index contributed by atoms with van der Waals surface area (Å²) in [4.78, 5) is 26.0. The lowest BCUT2D eigenvalue weighted by molar-refractivity contribution is -0.125. The van der Waals surface area contributed by atoms with Crippen molar-refractivity contribution >= 4 is 17.5 Å². The predicted molar refractivity (Wildman–Crippen MR) is 79.5 cm³/mol. The molecule has 1 fully saturated rings. The van der Waals surface area contributed by atoms with Gasteiger partial charge in [-0.3, -0.25) is 9.59 Å². The molecule has 1 unspecified atom stereocenters. The molecule has 1 aromatic rings. The Kier molecular flexibility index (Phi) is 4.60. The molecule has 0 saturated carbocycles. The van der Waals surface area contributed by atoms with Gasteiger partial charge in [-0.25, -0.2) is 4.39 Å². The highest BCUT2D eigenvalue weighted by Crippen LogP contribution is 2.22. The number of aryl methyl sites for hydroxylation is 1. The van der Waals surface area contributed by atoms with Crippen molar-refractivity contribution in [3.05, 3.63) is 29.6 Å². The third kappa shape index (κ3) is 3.60. The summed E-state index contributed by atoms with van der Waals surface area (Å²) in [6.45, 7) is 6.01. The largest absolute Gasteiger partial charge is 0.344 e. The smallest absolute Gasteiger partial charge is 0.249 e. The van der Waals surface area contributed by atoms with Crippen LogP contribution in [0.1, 0.15) is 32.3 Å². The Bertz CT molecular complexity index is 557. The molecule has 1 saturated heterocycles. The fourth-order valence-electron chi connectivity index (χ4n) is 2.52. The normalized spacial score (nSPS) is 19.7. The predicted octanol–water partition coefficient (Wildman–Crippen LogP) is 2.40. The zero-order chi connectivity index (χ0) is 15.6. The molecule has 0 aliphatic carbocycles. The molecule has 0 radical (unpaired) electrons. The first kappa shape index (κ1) is 15.5. The number of nitrogens with one attached hydrogen (secondary N) is 1. The van der Waals surface area contributed by atoms with Crippen LogP contribution in [-0.2, 0) is 9.59 Å².